The van der Waals surface area contributed by atoms with E-state index in [9.17, 15) is 0 Å². The molecule has 0 bridgehead atoms. The highest BCUT2D eigenvalue weighted by Gasteiger charge is 2.07. The van der Waals surface area contributed by atoms with Crippen LogP contribution in [0.3, 0.4) is 0 Å². The molecule has 0 amide bonds. The summed E-state index contributed by atoms with van der Waals surface area (Å²) in [7, 11) is 0. The maximum absolute atomic E-state index is 5.67. The molecule has 0 atom stereocenters. The largest absolute Gasteiger partial charge is 0.469 e. The third-order valence-electron chi connectivity index (χ3n) is 2.36. The minimum atomic E-state index is 0.557. The van der Waals surface area contributed by atoms with Crippen LogP contribution in [0, 0.1) is 0 Å². The van der Waals surface area contributed by atoms with E-state index in [-0.39, 0.29) is 0 Å². The van der Waals surface area contributed by atoms with Crippen LogP contribution in [-0.4, -0.2) is 4.98 Å². The summed E-state index contributed by atoms with van der Waals surface area (Å²) in [5.74, 6) is 1.47. The van der Waals surface area contributed by atoms with Crippen molar-refractivity contribution in [3.05, 3.63) is 48.2 Å². The number of anilines is 1. The van der Waals surface area contributed by atoms with Crippen LogP contribution >= 0.6 is 0 Å². The van der Waals surface area contributed by atoms with Gasteiger partial charge in [0.05, 0.1) is 12.7 Å². The van der Waals surface area contributed by atoms with Crippen LogP contribution in [0.5, 0.6) is 0 Å². The predicted molar refractivity (Wildman–Crippen MR) is 59.9 cm³/mol. The zero-order valence-electron chi connectivity index (χ0n) is 8.51. The molecule has 4 nitrogen and oxygen atoms in total. The van der Waals surface area contributed by atoms with Gasteiger partial charge in [-0.05, 0) is 30.3 Å². The van der Waals surface area contributed by atoms with Gasteiger partial charge in [-0.25, -0.2) is 4.98 Å². The molecule has 0 saturated carbocycles. The Labute approximate surface area is 91.7 Å². The average molecular weight is 214 g/mol. The molecule has 2 heterocycles. The van der Waals surface area contributed by atoms with Crippen molar-refractivity contribution in [3.63, 3.8) is 0 Å². The number of hydrogen-bond donors (Lipinski definition) is 1. The minimum Gasteiger partial charge on any atom is -0.469 e. The van der Waals surface area contributed by atoms with Crippen LogP contribution in [0.4, 0.5) is 5.69 Å². The van der Waals surface area contributed by atoms with Crippen molar-refractivity contribution in [2.45, 2.75) is 6.42 Å². The lowest BCUT2D eigenvalue weighted by molar-refractivity contribution is 0.480. The number of furan rings is 1. The first-order chi connectivity index (χ1) is 7.81. The molecule has 0 fully saturated rings. The number of oxazole rings is 1. The smallest absolute Gasteiger partial charge is 0.203 e. The maximum Gasteiger partial charge on any atom is 0.203 e. The van der Waals surface area contributed by atoms with E-state index in [2.05, 4.69) is 4.98 Å². The third-order valence-corrected chi connectivity index (χ3v) is 2.36. The molecule has 3 aromatic rings. The van der Waals surface area contributed by atoms with Crippen LogP contribution in [-0.2, 0) is 6.42 Å². The molecular weight excluding hydrogens is 204 g/mol. The van der Waals surface area contributed by atoms with Crippen molar-refractivity contribution in [2.24, 2.45) is 0 Å². The van der Waals surface area contributed by atoms with Gasteiger partial charge in [0.1, 0.15) is 11.3 Å². The van der Waals surface area contributed by atoms with Crippen LogP contribution in [0.25, 0.3) is 11.1 Å². The summed E-state index contributed by atoms with van der Waals surface area (Å²) in [5, 5.41) is 0. The van der Waals surface area contributed by atoms with Gasteiger partial charge < -0.3 is 14.6 Å². The van der Waals surface area contributed by atoms with E-state index in [1.165, 1.54) is 0 Å². The van der Waals surface area contributed by atoms with Crippen LogP contribution < -0.4 is 5.73 Å². The number of benzene rings is 1. The number of nitrogens with zero attached hydrogens (tertiary/aromatic N) is 1. The maximum atomic E-state index is 5.67. The fourth-order valence-electron chi connectivity index (χ4n) is 1.63. The summed E-state index contributed by atoms with van der Waals surface area (Å²) in [6.07, 6.45) is 2.19. The van der Waals surface area contributed by atoms with E-state index in [1.54, 1.807) is 18.4 Å². The topological polar surface area (TPSA) is 65.2 Å². The molecule has 0 radical (unpaired) electrons. The highest BCUT2D eigenvalue weighted by molar-refractivity contribution is 5.76. The highest BCUT2D eigenvalue weighted by atomic mass is 16.4. The molecule has 0 unspecified atom stereocenters. The van der Waals surface area contributed by atoms with Gasteiger partial charge in [0, 0.05) is 5.69 Å². The number of rotatable bonds is 2. The van der Waals surface area contributed by atoms with Gasteiger partial charge in [-0.1, -0.05) is 0 Å². The SMILES string of the molecule is Nc1ccc2oc(Cc3ccco3)nc2c1. The van der Waals surface area contributed by atoms with Crippen molar-refractivity contribution in [3.8, 4) is 0 Å². The lowest BCUT2D eigenvalue weighted by Gasteiger charge is -1.89. The Hall–Kier alpha value is -2.23. The molecule has 0 saturated heterocycles. The molecule has 16 heavy (non-hydrogen) atoms. The fourth-order valence-corrected chi connectivity index (χ4v) is 1.63. The first-order valence-corrected chi connectivity index (χ1v) is 4.98. The second kappa shape index (κ2) is 3.41. The predicted octanol–water partition coefficient (Wildman–Crippen LogP) is 2.59. The van der Waals surface area contributed by atoms with Gasteiger partial charge >= 0.3 is 0 Å². The zero-order chi connectivity index (χ0) is 11.0. The molecule has 2 aromatic heterocycles. The van der Waals surface area contributed by atoms with E-state index in [0.29, 0.717) is 18.0 Å². The van der Waals surface area contributed by atoms with Gasteiger partial charge in [0.2, 0.25) is 5.89 Å². The molecule has 0 spiro atoms. The Kier molecular flexibility index (Phi) is 1.93. The van der Waals surface area contributed by atoms with Crippen molar-refractivity contribution < 1.29 is 8.83 Å². The van der Waals surface area contributed by atoms with Gasteiger partial charge in [-0.15, -0.1) is 0 Å². The average Bonchev–Trinajstić information content (AvgIpc) is 2.86. The number of nitrogens with two attached hydrogens (primary N) is 1. The summed E-state index contributed by atoms with van der Waals surface area (Å²) in [5.41, 5.74) is 7.88. The fraction of sp³-hybridized carbons (Fsp3) is 0.0833. The number of nitrogen functional groups attached to an aromatic ring is 1. The standard InChI is InChI=1S/C12H10N2O2/c13-8-3-4-11-10(6-8)14-12(16-11)7-9-2-1-5-15-9/h1-6H,7,13H2. The monoisotopic (exact) mass is 214 g/mol. The Bertz CT molecular complexity index is 611. The number of hydrogen-bond acceptors (Lipinski definition) is 4. The minimum absolute atomic E-state index is 0.557. The van der Waals surface area contributed by atoms with Crippen molar-refractivity contribution in [1.82, 2.24) is 4.98 Å². The zero-order valence-corrected chi connectivity index (χ0v) is 8.51. The Morgan fingerprint density at radius 2 is 2.19 bits per heavy atom. The normalized spacial score (nSPS) is 11.0. The highest BCUT2D eigenvalue weighted by Crippen LogP contribution is 2.20. The van der Waals surface area contributed by atoms with Gasteiger partial charge in [-0.2, -0.15) is 0 Å². The Morgan fingerprint density at radius 3 is 3.00 bits per heavy atom. The van der Waals surface area contributed by atoms with Crippen molar-refractivity contribution in [1.29, 1.82) is 0 Å². The summed E-state index contributed by atoms with van der Waals surface area (Å²) in [6, 6.07) is 9.15. The van der Waals surface area contributed by atoms with E-state index >= 15 is 0 Å². The van der Waals surface area contributed by atoms with E-state index in [1.807, 2.05) is 18.2 Å². The molecule has 80 valence electrons. The molecule has 0 aliphatic heterocycles. The van der Waals surface area contributed by atoms with Crippen molar-refractivity contribution >= 4 is 16.8 Å². The second-order valence-corrected chi connectivity index (χ2v) is 3.59. The molecule has 0 aliphatic rings. The Morgan fingerprint density at radius 1 is 1.25 bits per heavy atom. The summed E-state index contributed by atoms with van der Waals surface area (Å²) >= 11 is 0. The van der Waals surface area contributed by atoms with E-state index < -0.39 is 0 Å². The lowest BCUT2D eigenvalue weighted by atomic mass is 10.3. The lowest BCUT2D eigenvalue weighted by Crippen LogP contribution is -1.84. The van der Waals surface area contributed by atoms with Gasteiger partial charge in [0.15, 0.2) is 5.58 Å². The quantitative estimate of drug-likeness (QED) is 0.666. The van der Waals surface area contributed by atoms with Gasteiger partial charge in [0.25, 0.3) is 0 Å². The molecule has 4 heteroatoms. The molecule has 1 aromatic carbocycles. The molecule has 2 N–H and O–H groups in total. The number of aromatic nitrogens is 1. The van der Waals surface area contributed by atoms with Crippen LogP contribution in [0.2, 0.25) is 0 Å². The van der Waals surface area contributed by atoms with Crippen LogP contribution in [0.1, 0.15) is 11.7 Å². The molecule has 0 aliphatic carbocycles. The third kappa shape index (κ3) is 1.54. The Balaban J connectivity index is 1.99. The van der Waals surface area contributed by atoms with Crippen LogP contribution in [0.15, 0.2) is 45.4 Å². The van der Waals surface area contributed by atoms with Crippen molar-refractivity contribution in [2.75, 3.05) is 5.73 Å². The first kappa shape index (κ1) is 9.03. The summed E-state index contributed by atoms with van der Waals surface area (Å²) < 4.78 is 10.8. The summed E-state index contributed by atoms with van der Waals surface area (Å²) in [4.78, 5) is 4.34. The molecule has 3 rings (SSSR count). The van der Waals surface area contributed by atoms with E-state index in [0.717, 1.165) is 16.9 Å². The summed E-state index contributed by atoms with van der Waals surface area (Å²) in [6.45, 7) is 0. The van der Waals surface area contributed by atoms with Gasteiger partial charge in [-0.3, -0.25) is 0 Å². The number of fused-ring (bicyclic) bond motifs is 1. The second-order valence-electron chi connectivity index (χ2n) is 3.59. The molecular formula is C12H10N2O2. The van der Waals surface area contributed by atoms with E-state index in [4.69, 9.17) is 14.6 Å². The first-order valence-electron chi connectivity index (χ1n) is 4.98.